The third-order valence-electron chi connectivity index (χ3n) is 3.76. The first-order valence-corrected chi connectivity index (χ1v) is 8.28. The summed E-state index contributed by atoms with van der Waals surface area (Å²) in [6.45, 7) is 11.4. The molecular weight excluding hydrogens is 314 g/mol. The Morgan fingerprint density at radius 1 is 1.35 bits per heavy atom. The van der Waals surface area contributed by atoms with Gasteiger partial charge in [0, 0.05) is 19.5 Å². The Morgan fingerprint density at radius 2 is 1.95 bits per heavy atom. The summed E-state index contributed by atoms with van der Waals surface area (Å²) in [4.78, 5) is 0. The molecule has 4 heteroatoms. The average molecular weight is 344 g/mol. The molecule has 0 radical (unpaired) electrons. The number of rotatable bonds is 6. The standard InChI is InChI=1S/C16H30BrN3/c1-11(10-16(3,4)5)8-13(18-6)9-14-15(17)12(2)19-20(14)7/h11,13,18H,8-10H2,1-7H3. The minimum Gasteiger partial charge on any atom is -0.317 e. The van der Waals surface area contributed by atoms with Crippen LogP contribution >= 0.6 is 15.9 Å². The van der Waals surface area contributed by atoms with Crippen molar-refractivity contribution in [3.63, 3.8) is 0 Å². The van der Waals surface area contributed by atoms with Crippen molar-refractivity contribution >= 4 is 15.9 Å². The van der Waals surface area contributed by atoms with Crippen LogP contribution < -0.4 is 5.32 Å². The van der Waals surface area contributed by atoms with Gasteiger partial charge in [-0.2, -0.15) is 5.10 Å². The van der Waals surface area contributed by atoms with Crippen molar-refractivity contribution in [1.82, 2.24) is 15.1 Å². The highest BCUT2D eigenvalue weighted by molar-refractivity contribution is 9.10. The number of halogens is 1. The highest BCUT2D eigenvalue weighted by Crippen LogP contribution is 2.28. The third-order valence-corrected chi connectivity index (χ3v) is 4.79. The fraction of sp³-hybridized carbons (Fsp3) is 0.812. The van der Waals surface area contributed by atoms with Gasteiger partial charge in [-0.1, -0.05) is 27.7 Å². The smallest absolute Gasteiger partial charge is 0.0738 e. The van der Waals surface area contributed by atoms with E-state index < -0.39 is 0 Å². The van der Waals surface area contributed by atoms with Gasteiger partial charge in [-0.15, -0.1) is 0 Å². The zero-order valence-corrected chi connectivity index (χ0v) is 15.6. The topological polar surface area (TPSA) is 29.9 Å². The Morgan fingerprint density at radius 3 is 2.35 bits per heavy atom. The minimum atomic E-state index is 0.404. The maximum atomic E-state index is 4.48. The third kappa shape index (κ3) is 5.21. The minimum absolute atomic E-state index is 0.404. The van der Waals surface area contributed by atoms with Crippen molar-refractivity contribution in [2.45, 2.75) is 59.9 Å². The highest BCUT2D eigenvalue weighted by atomic mass is 79.9. The summed E-state index contributed by atoms with van der Waals surface area (Å²) in [5, 5.41) is 7.95. The predicted molar refractivity (Wildman–Crippen MR) is 90.0 cm³/mol. The molecule has 0 aromatic carbocycles. The molecule has 0 saturated carbocycles. The summed E-state index contributed by atoms with van der Waals surface area (Å²) < 4.78 is 3.15. The average Bonchev–Trinajstić information content (AvgIpc) is 2.52. The zero-order chi connectivity index (χ0) is 15.5. The summed E-state index contributed by atoms with van der Waals surface area (Å²) in [6, 6.07) is 0.499. The van der Waals surface area contributed by atoms with Crippen LogP contribution in [0.15, 0.2) is 4.47 Å². The van der Waals surface area contributed by atoms with Gasteiger partial charge < -0.3 is 5.32 Å². The molecule has 1 heterocycles. The van der Waals surface area contributed by atoms with Crippen LogP contribution in [0.2, 0.25) is 0 Å². The first-order chi connectivity index (χ1) is 9.14. The van der Waals surface area contributed by atoms with Gasteiger partial charge in [-0.25, -0.2) is 0 Å². The Bertz CT molecular complexity index is 432. The lowest BCUT2D eigenvalue weighted by Gasteiger charge is -2.26. The van der Waals surface area contributed by atoms with Crippen LogP contribution in [0, 0.1) is 18.3 Å². The Hall–Kier alpha value is -0.350. The molecule has 0 aliphatic heterocycles. The van der Waals surface area contributed by atoms with Gasteiger partial charge in [0.05, 0.1) is 15.9 Å². The number of aryl methyl sites for hydroxylation is 2. The molecule has 2 unspecified atom stereocenters. The van der Waals surface area contributed by atoms with E-state index in [1.807, 2.05) is 18.7 Å². The van der Waals surface area contributed by atoms with Crippen molar-refractivity contribution < 1.29 is 0 Å². The first kappa shape index (κ1) is 17.7. The van der Waals surface area contributed by atoms with Crippen LogP contribution in [0.4, 0.5) is 0 Å². The Balaban J connectivity index is 2.68. The molecule has 0 aliphatic rings. The summed E-state index contributed by atoms with van der Waals surface area (Å²) in [7, 11) is 4.09. The number of nitrogens with one attached hydrogen (secondary N) is 1. The molecule has 3 nitrogen and oxygen atoms in total. The molecule has 0 spiro atoms. The van der Waals surface area contributed by atoms with Crippen molar-refractivity contribution in [1.29, 1.82) is 0 Å². The molecule has 1 aromatic rings. The van der Waals surface area contributed by atoms with Crippen LogP contribution in [0.1, 0.15) is 51.9 Å². The molecule has 0 amide bonds. The molecular formula is C16H30BrN3. The van der Waals surface area contributed by atoms with Gasteiger partial charge in [0.25, 0.3) is 0 Å². The number of hydrogen-bond donors (Lipinski definition) is 1. The van der Waals surface area contributed by atoms with E-state index in [-0.39, 0.29) is 0 Å². The lowest BCUT2D eigenvalue weighted by Crippen LogP contribution is -2.31. The molecule has 1 aromatic heterocycles. The van der Waals surface area contributed by atoms with Crippen molar-refractivity contribution in [3.05, 3.63) is 15.9 Å². The number of nitrogens with zero attached hydrogens (tertiary/aromatic N) is 2. The summed E-state index contributed by atoms with van der Waals surface area (Å²) in [5.74, 6) is 0.723. The quantitative estimate of drug-likeness (QED) is 0.843. The fourth-order valence-corrected chi connectivity index (χ4v) is 3.55. The molecule has 116 valence electrons. The molecule has 1 rings (SSSR count). The van der Waals surface area contributed by atoms with Crippen LogP contribution in [0.5, 0.6) is 0 Å². The second-order valence-electron chi connectivity index (χ2n) is 7.27. The first-order valence-electron chi connectivity index (χ1n) is 7.49. The van der Waals surface area contributed by atoms with Gasteiger partial charge in [-0.3, -0.25) is 4.68 Å². The molecule has 0 aliphatic carbocycles. The number of likely N-dealkylation sites (N-methyl/N-ethyl adjacent to an activating group) is 1. The lowest BCUT2D eigenvalue weighted by atomic mass is 9.82. The van der Waals surface area contributed by atoms with E-state index in [1.165, 1.54) is 18.5 Å². The van der Waals surface area contributed by atoms with E-state index in [4.69, 9.17) is 0 Å². The van der Waals surface area contributed by atoms with Gasteiger partial charge in [0.15, 0.2) is 0 Å². The zero-order valence-electron chi connectivity index (χ0n) is 14.0. The second kappa shape index (κ2) is 7.08. The van der Waals surface area contributed by atoms with Crippen LogP contribution in [0.3, 0.4) is 0 Å². The summed E-state index contributed by atoms with van der Waals surface area (Å²) in [6.07, 6.45) is 3.48. The lowest BCUT2D eigenvalue weighted by molar-refractivity contribution is 0.276. The Labute approximate surface area is 132 Å². The molecule has 20 heavy (non-hydrogen) atoms. The molecule has 0 saturated heterocycles. The normalized spacial score (nSPS) is 15.4. The molecule has 0 fully saturated rings. The fourth-order valence-electron chi connectivity index (χ4n) is 3.05. The van der Waals surface area contributed by atoms with E-state index in [2.05, 4.69) is 61.1 Å². The van der Waals surface area contributed by atoms with Gasteiger partial charge in [0.1, 0.15) is 0 Å². The molecule has 0 bridgehead atoms. The predicted octanol–water partition coefficient (Wildman–Crippen LogP) is 4.08. The monoisotopic (exact) mass is 343 g/mol. The van der Waals surface area contributed by atoms with Crippen molar-refractivity contribution in [3.8, 4) is 0 Å². The maximum Gasteiger partial charge on any atom is 0.0738 e. The van der Waals surface area contributed by atoms with Crippen LogP contribution in [-0.2, 0) is 13.5 Å². The van der Waals surface area contributed by atoms with Crippen LogP contribution in [0.25, 0.3) is 0 Å². The number of aromatic nitrogens is 2. The van der Waals surface area contributed by atoms with E-state index in [1.54, 1.807) is 0 Å². The summed E-state index contributed by atoms with van der Waals surface area (Å²) in [5.41, 5.74) is 2.76. The SMILES string of the molecule is CNC(Cc1c(Br)c(C)nn1C)CC(C)CC(C)(C)C. The van der Waals surface area contributed by atoms with Gasteiger partial charge in [0.2, 0.25) is 0 Å². The van der Waals surface area contributed by atoms with Gasteiger partial charge in [-0.05, 0) is 54.1 Å². The largest absolute Gasteiger partial charge is 0.317 e. The van der Waals surface area contributed by atoms with E-state index in [0.717, 1.165) is 22.5 Å². The Kier molecular flexibility index (Phi) is 6.26. The van der Waals surface area contributed by atoms with E-state index in [9.17, 15) is 0 Å². The van der Waals surface area contributed by atoms with Crippen molar-refractivity contribution in [2.75, 3.05) is 7.05 Å². The van der Waals surface area contributed by atoms with Gasteiger partial charge >= 0.3 is 0 Å². The maximum absolute atomic E-state index is 4.48. The van der Waals surface area contributed by atoms with E-state index >= 15 is 0 Å². The summed E-state index contributed by atoms with van der Waals surface area (Å²) >= 11 is 3.66. The second-order valence-corrected chi connectivity index (χ2v) is 8.06. The van der Waals surface area contributed by atoms with Crippen LogP contribution in [-0.4, -0.2) is 22.9 Å². The molecule has 2 atom stereocenters. The van der Waals surface area contributed by atoms with Crippen molar-refractivity contribution in [2.24, 2.45) is 18.4 Å². The molecule has 1 N–H and O–H groups in total. The van der Waals surface area contributed by atoms with E-state index in [0.29, 0.717) is 11.5 Å². The highest BCUT2D eigenvalue weighted by Gasteiger charge is 2.21. The number of hydrogen-bond acceptors (Lipinski definition) is 2.